The van der Waals surface area contributed by atoms with Crippen molar-refractivity contribution in [1.82, 2.24) is 0 Å². The first-order chi connectivity index (χ1) is 21.2. The Hall–Kier alpha value is -1.20. The third kappa shape index (κ3) is 10.4. The average Bonchev–Trinajstić information content (AvgIpc) is 2.98. The predicted octanol–water partition coefficient (Wildman–Crippen LogP) is 11.1. The van der Waals surface area contributed by atoms with E-state index in [4.69, 9.17) is 9.47 Å². The van der Waals surface area contributed by atoms with Gasteiger partial charge in [-0.3, -0.25) is 0 Å². The number of hydrogen-bond donors (Lipinski definition) is 0. The third-order valence-corrected chi connectivity index (χ3v) is 10.8. The van der Waals surface area contributed by atoms with Gasteiger partial charge in [0.1, 0.15) is 11.7 Å². The van der Waals surface area contributed by atoms with E-state index >= 15 is 8.78 Å². The first-order valence-electron chi connectivity index (χ1n) is 17.1. The highest BCUT2D eigenvalue weighted by molar-refractivity contribution is 5.13. The van der Waals surface area contributed by atoms with Crippen LogP contribution < -0.4 is 0 Å². The van der Waals surface area contributed by atoms with E-state index in [1.165, 1.54) is 50.7 Å². The van der Waals surface area contributed by atoms with E-state index in [1.54, 1.807) is 6.92 Å². The maximum atomic E-state index is 15.2. The molecule has 4 rings (SSSR count). The maximum Gasteiger partial charge on any atom is 0.527 e. The lowest BCUT2D eigenvalue weighted by Gasteiger charge is -2.42. The molecule has 0 radical (unpaired) electrons. The van der Waals surface area contributed by atoms with Gasteiger partial charge in [-0.15, -0.1) is 13.2 Å². The Morgan fingerprint density at radius 3 is 2.00 bits per heavy atom. The van der Waals surface area contributed by atoms with Crippen molar-refractivity contribution in [2.24, 2.45) is 41.4 Å². The molecule has 1 saturated heterocycles. The SMILES string of the molecule is CCCC1CCC(C2CCC(C3CCC(C(F)(F)O[C@@H](/C=C\C4C=C(F)C(C(F)(F)OC(F)(F)F)CC4)CC)CC3)OC2)CC1. The summed E-state index contributed by atoms with van der Waals surface area (Å²) in [6.45, 7) is 4.70. The lowest BCUT2D eigenvalue weighted by molar-refractivity contribution is -0.435. The Morgan fingerprint density at radius 2 is 1.44 bits per heavy atom. The second-order valence-corrected chi connectivity index (χ2v) is 13.9. The molecule has 4 unspecified atom stereocenters. The maximum absolute atomic E-state index is 15.2. The number of ether oxygens (including phenoxy) is 3. The minimum absolute atomic E-state index is 0.0910. The van der Waals surface area contributed by atoms with Gasteiger partial charge in [0.2, 0.25) is 0 Å². The first-order valence-corrected chi connectivity index (χ1v) is 17.1. The van der Waals surface area contributed by atoms with Crippen molar-refractivity contribution in [2.45, 2.75) is 141 Å². The molecule has 3 nitrogen and oxygen atoms in total. The Morgan fingerprint density at radius 1 is 0.800 bits per heavy atom. The van der Waals surface area contributed by atoms with Gasteiger partial charge in [0, 0.05) is 0 Å². The molecule has 0 bridgehead atoms. The second-order valence-electron chi connectivity index (χ2n) is 13.9. The molecule has 0 spiro atoms. The molecule has 5 atom stereocenters. The molecule has 0 N–H and O–H groups in total. The summed E-state index contributed by atoms with van der Waals surface area (Å²) in [5.41, 5.74) is 0. The van der Waals surface area contributed by atoms with Crippen LogP contribution in [0.5, 0.6) is 0 Å². The van der Waals surface area contributed by atoms with Crippen molar-refractivity contribution >= 4 is 0 Å². The van der Waals surface area contributed by atoms with Gasteiger partial charge in [0.15, 0.2) is 0 Å². The normalized spacial score (nSPS) is 34.9. The van der Waals surface area contributed by atoms with Crippen LogP contribution in [0.15, 0.2) is 24.1 Å². The van der Waals surface area contributed by atoms with Crippen LogP contribution >= 0.6 is 0 Å². The highest BCUT2D eigenvalue weighted by Gasteiger charge is 2.53. The van der Waals surface area contributed by atoms with E-state index in [0.29, 0.717) is 31.6 Å². The quantitative estimate of drug-likeness (QED) is 0.154. The Bertz CT molecular complexity index is 959. The molecule has 260 valence electrons. The summed E-state index contributed by atoms with van der Waals surface area (Å²) in [6, 6.07) is 0. The van der Waals surface area contributed by atoms with Gasteiger partial charge >= 0.3 is 18.6 Å². The van der Waals surface area contributed by atoms with Gasteiger partial charge in [-0.05, 0) is 106 Å². The summed E-state index contributed by atoms with van der Waals surface area (Å²) >= 11 is 0. The van der Waals surface area contributed by atoms with E-state index in [1.807, 2.05) is 0 Å². The zero-order valence-electron chi connectivity index (χ0n) is 26.5. The fourth-order valence-electron chi connectivity index (χ4n) is 8.15. The molecule has 1 aliphatic heterocycles. The van der Waals surface area contributed by atoms with Gasteiger partial charge in [-0.25, -0.2) is 9.13 Å². The highest BCUT2D eigenvalue weighted by Crippen LogP contribution is 2.46. The molecule has 0 aromatic heterocycles. The van der Waals surface area contributed by atoms with Gasteiger partial charge < -0.3 is 9.47 Å². The summed E-state index contributed by atoms with van der Waals surface area (Å²) in [6.07, 6.45) is 0.430. The largest absolute Gasteiger partial charge is 0.527 e. The fourth-order valence-corrected chi connectivity index (χ4v) is 8.15. The highest BCUT2D eigenvalue weighted by atomic mass is 19.4. The number of rotatable bonds is 12. The van der Waals surface area contributed by atoms with Gasteiger partial charge in [-0.1, -0.05) is 51.7 Å². The minimum Gasteiger partial charge on any atom is -0.378 e. The summed E-state index contributed by atoms with van der Waals surface area (Å²) in [4.78, 5) is 0. The van der Waals surface area contributed by atoms with Crippen LogP contribution in [-0.4, -0.2) is 37.4 Å². The van der Waals surface area contributed by atoms with Gasteiger partial charge in [0.05, 0.1) is 24.7 Å². The second kappa shape index (κ2) is 15.8. The van der Waals surface area contributed by atoms with Crippen LogP contribution in [0.4, 0.5) is 35.1 Å². The monoisotopic (exact) mass is 658 g/mol. The Balaban J connectivity index is 1.21. The zero-order chi connectivity index (χ0) is 32.8. The van der Waals surface area contributed by atoms with Gasteiger partial charge in [-0.2, -0.15) is 17.6 Å². The molecular weight excluding hydrogens is 608 g/mol. The smallest absolute Gasteiger partial charge is 0.378 e. The van der Waals surface area contributed by atoms with Gasteiger partial charge in [0.25, 0.3) is 0 Å². The summed E-state index contributed by atoms with van der Waals surface area (Å²) in [7, 11) is 0. The fraction of sp³-hybridized carbons (Fsp3) is 0.882. The van der Waals surface area contributed by atoms with Crippen molar-refractivity contribution < 1.29 is 49.3 Å². The van der Waals surface area contributed by atoms with Crippen molar-refractivity contribution in [3.63, 3.8) is 0 Å². The number of alkyl halides is 7. The van der Waals surface area contributed by atoms with Crippen LogP contribution in [0.3, 0.4) is 0 Å². The molecule has 0 amide bonds. The summed E-state index contributed by atoms with van der Waals surface area (Å²) in [5.74, 6) is -2.95. The molecule has 2 saturated carbocycles. The van der Waals surface area contributed by atoms with Crippen LogP contribution in [0.1, 0.15) is 110 Å². The van der Waals surface area contributed by atoms with Crippen LogP contribution in [-0.2, 0) is 14.2 Å². The van der Waals surface area contributed by atoms with Crippen LogP contribution in [0.2, 0.25) is 0 Å². The third-order valence-electron chi connectivity index (χ3n) is 10.8. The van der Waals surface area contributed by atoms with E-state index in [-0.39, 0.29) is 24.9 Å². The van der Waals surface area contributed by atoms with E-state index < -0.39 is 54.7 Å². The van der Waals surface area contributed by atoms with E-state index in [2.05, 4.69) is 11.7 Å². The molecule has 3 fully saturated rings. The predicted molar refractivity (Wildman–Crippen MR) is 155 cm³/mol. The zero-order valence-corrected chi connectivity index (χ0v) is 26.5. The molecule has 1 heterocycles. The van der Waals surface area contributed by atoms with Crippen molar-refractivity contribution in [3.8, 4) is 0 Å². The Kier molecular flexibility index (Phi) is 12.9. The Labute approximate surface area is 262 Å². The van der Waals surface area contributed by atoms with E-state index in [0.717, 1.165) is 37.4 Å². The molecule has 4 aliphatic rings. The van der Waals surface area contributed by atoms with Crippen LogP contribution in [0.25, 0.3) is 0 Å². The lowest BCUT2D eigenvalue weighted by Crippen LogP contribution is -2.41. The summed E-state index contributed by atoms with van der Waals surface area (Å²) in [5, 5.41) is 0. The van der Waals surface area contributed by atoms with Crippen molar-refractivity contribution in [1.29, 1.82) is 0 Å². The minimum atomic E-state index is -5.61. The molecular formula is C34H50F8O3. The lowest BCUT2D eigenvalue weighted by atomic mass is 9.71. The average molecular weight is 659 g/mol. The van der Waals surface area contributed by atoms with Crippen molar-refractivity contribution in [2.75, 3.05) is 6.61 Å². The molecule has 11 heteroatoms. The number of halogens is 8. The first kappa shape index (κ1) is 36.6. The number of hydrogen-bond acceptors (Lipinski definition) is 3. The molecule has 0 aromatic rings. The molecule has 0 aromatic carbocycles. The summed E-state index contributed by atoms with van der Waals surface area (Å²) < 4.78 is 124. The molecule has 3 aliphatic carbocycles. The molecule has 45 heavy (non-hydrogen) atoms. The topological polar surface area (TPSA) is 27.7 Å². The van der Waals surface area contributed by atoms with E-state index in [9.17, 15) is 26.3 Å². The number of allylic oxidation sites excluding steroid dienone is 2. The van der Waals surface area contributed by atoms with Crippen LogP contribution in [0, 0.1) is 41.4 Å². The standard InChI is InChI=1S/C34H50F8O3/c1-3-5-22-6-10-24(11-7-22)26-14-19-31(43-21-26)25-12-15-27(16-13-25)32(36,37)44-28(4-2)17-8-23-9-18-29(30(35)20-23)33(38,39)45-34(40,41)42/h8,17,20,22-29,31H,3-7,9-16,18-19,21H2,1-2H3/b17-8-/t22?,23?,24?,25?,26?,27?,28-,29?,31?/m1/s1. The van der Waals surface area contributed by atoms with Crippen molar-refractivity contribution in [3.05, 3.63) is 24.1 Å².